The minimum absolute atomic E-state index is 0.126. The molecular formula is C23H19N3O5. The Morgan fingerprint density at radius 3 is 2.52 bits per heavy atom. The van der Waals surface area contributed by atoms with Gasteiger partial charge in [-0.1, -0.05) is 0 Å². The first-order valence-corrected chi connectivity index (χ1v) is 9.42. The van der Waals surface area contributed by atoms with Crippen LogP contribution < -0.4 is 14.8 Å². The molecule has 0 unspecified atom stereocenters. The number of amides is 1. The van der Waals surface area contributed by atoms with Crippen molar-refractivity contribution in [2.75, 3.05) is 12.4 Å². The molecule has 8 nitrogen and oxygen atoms in total. The average molecular weight is 417 g/mol. The number of hydrogen-bond acceptors (Lipinski definition) is 7. The number of furan rings is 1. The summed E-state index contributed by atoms with van der Waals surface area (Å²) in [6.45, 7) is 0.126. The van der Waals surface area contributed by atoms with Crippen LogP contribution in [0.1, 0.15) is 11.7 Å². The van der Waals surface area contributed by atoms with Crippen molar-refractivity contribution in [2.45, 2.75) is 6.61 Å². The molecule has 0 radical (unpaired) electrons. The van der Waals surface area contributed by atoms with Crippen molar-refractivity contribution >= 4 is 17.7 Å². The number of methoxy groups -OCH3 is 1. The van der Waals surface area contributed by atoms with Crippen molar-refractivity contribution in [3.05, 3.63) is 84.7 Å². The molecule has 0 atom stereocenters. The summed E-state index contributed by atoms with van der Waals surface area (Å²) in [7, 11) is 1.61. The molecule has 0 spiro atoms. The lowest BCUT2D eigenvalue weighted by Gasteiger charge is -2.05. The third-order valence-electron chi connectivity index (χ3n) is 4.23. The molecule has 156 valence electrons. The first-order chi connectivity index (χ1) is 15.2. The van der Waals surface area contributed by atoms with Gasteiger partial charge in [-0.2, -0.15) is 0 Å². The van der Waals surface area contributed by atoms with Gasteiger partial charge in [-0.15, -0.1) is 10.2 Å². The monoisotopic (exact) mass is 417 g/mol. The van der Waals surface area contributed by atoms with Crippen molar-refractivity contribution in [3.8, 4) is 23.0 Å². The van der Waals surface area contributed by atoms with Gasteiger partial charge < -0.3 is 23.6 Å². The zero-order valence-electron chi connectivity index (χ0n) is 16.6. The minimum Gasteiger partial charge on any atom is -0.497 e. The molecule has 1 N–H and O–H groups in total. The van der Waals surface area contributed by atoms with Crippen LogP contribution in [0.4, 0.5) is 5.69 Å². The van der Waals surface area contributed by atoms with Crippen LogP contribution in [0, 0.1) is 0 Å². The van der Waals surface area contributed by atoms with E-state index in [2.05, 4.69) is 15.5 Å². The van der Waals surface area contributed by atoms with Gasteiger partial charge in [-0.3, -0.25) is 4.79 Å². The second-order valence-electron chi connectivity index (χ2n) is 6.38. The average Bonchev–Trinajstić information content (AvgIpc) is 3.50. The van der Waals surface area contributed by atoms with Crippen molar-refractivity contribution in [2.24, 2.45) is 0 Å². The summed E-state index contributed by atoms with van der Waals surface area (Å²) in [5, 5.41) is 10.8. The summed E-state index contributed by atoms with van der Waals surface area (Å²) in [5.74, 6) is 2.46. The number of hydrogen-bond donors (Lipinski definition) is 1. The van der Waals surface area contributed by atoms with Gasteiger partial charge in [0.1, 0.15) is 17.3 Å². The van der Waals surface area contributed by atoms with E-state index in [9.17, 15) is 4.79 Å². The normalized spacial score (nSPS) is 10.9. The number of carbonyl (C=O) groups is 1. The Hall–Kier alpha value is -4.33. The topological polar surface area (TPSA) is 99.6 Å². The fraction of sp³-hybridized carbons (Fsp3) is 0.0870. The molecule has 0 saturated carbocycles. The van der Waals surface area contributed by atoms with E-state index in [0.29, 0.717) is 29.0 Å². The fourth-order valence-corrected chi connectivity index (χ4v) is 2.67. The lowest BCUT2D eigenvalue weighted by molar-refractivity contribution is -0.111. The minimum atomic E-state index is -0.262. The van der Waals surface area contributed by atoms with Crippen LogP contribution in [0.25, 0.3) is 17.5 Å². The lowest BCUT2D eigenvalue weighted by Crippen LogP contribution is -2.07. The summed E-state index contributed by atoms with van der Waals surface area (Å²) in [4.78, 5) is 12.0. The largest absolute Gasteiger partial charge is 0.497 e. The van der Waals surface area contributed by atoms with Crippen LogP contribution in [0.15, 0.2) is 81.8 Å². The standard InChI is InChI=1S/C23H19N3O5/c1-28-18-8-4-16(5-9-18)23-26-25-22(31-23)15-30-20-10-6-17(7-11-20)24-21(27)13-12-19-3-2-14-29-19/h2-14H,15H2,1H3,(H,24,27). The summed E-state index contributed by atoms with van der Waals surface area (Å²) in [6.07, 6.45) is 4.54. The second-order valence-corrected chi connectivity index (χ2v) is 6.38. The van der Waals surface area contributed by atoms with Crippen LogP contribution in [-0.4, -0.2) is 23.2 Å². The molecule has 0 saturated heterocycles. The number of carbonyl (C=O) groups excluding carboxylic acids is 1. The molecule has 1 amide bonds. The lowest BCUT2D eigenvalue weighted by atomic mass is 10.2. The van der Waals surface area contributed by atoms with Crippen molar-refractivity contribution < 1.29 is 23.1 Å². The van der Waals surface area contributed by atoms with Gasteiger partial charge in [0.25, 0.3) is 5.89 Å². The van der Waals surface area contributed by atoms with E-state index in [-0.39, 0.29) is 12.5 Å². The number of nitrogens with one attached hydrogen (secondary N) is 1. The highest BCUT2D eigenvalue weighted by molar-refractivity contribution is 6.01. The molecule has 0 fully saturated rings. The maximum absolute atomic E-state index is 12.0. The van der Waals surface area contributed by atoms with Crippen molar-refractivity contribution in [1.82, 2.24) is 10.2 Å². The Balaban J connectivity index is 1.29. The molecule has 2 heterocycles. The maximum Gasteiger partial charge on any atom is 0.254 e. The van der Waals surface area contributed by atoms with E-state index in [4.69, 9.17) is 18.3 Å². The Morgan fingerprint density at radius 2 is 1.81 bits per heavy atom. The fourth-order valence-electron chi connectivity index (χ4n) is 2.67. The summed E-state index contributed by atoms with van der Waals surface area (Å²) >= 11 is 0. The van der Waals surface area contributed by atoms with E-state index in [1.807, 2.05) is 24.3 Å². The second kappa shape index (κ2) is 9.45. The molecule has 2 aromatic carbocycles. The summed E-state index contributed by atoms with van der Waals surface area (Å²) in [5.41, 5.74) is 1.43. The number of rotatable bonds is 8. The first-order valence-electron chi connectivity index (χ1n) is 9.42. The molecule has 0 bridgehead atoms. The Labute approximate surface area is 178 Å². The van der Waals surface area contributed by atoms with Crippen LogP contribution >= 0.6 is 0 Å². The van der Waals surface area contributed by atoms with Crippen molar-refractivity contribution in [3.63, 3.8) is 0 Å². The number of aromatic nitrogens is 2. The van der Waals surface area contributed by atoms with E-state index in [0.717, 1.165) is 11.3 Å². The number of benzene rings is 2. The highest BCUT2D eigenvalue weighted by atomic mass is 16.5. The molecule has 0 aliphatic heterocycles. The van der Waals surface area contributed by atoms with E-state index < -0.39 is 0 Å². The Bertz CT molecular complexity index is 1150. The first kappa shape index (κ1) is 20.0. The molecule has 8 heteroatoms. The molecule has 4 rings (SSSR count). The summed E-state index contributed by atoms with van der Waals surface area (Å²) < 4.78 is 21.6. The molecular weight excluding hydrogens is 398 g/mol. The molecule has 2 aromatic heterocycles. The zero-order chi connectivity index (χ0) is 21.5. The molecule has 0 aliphatic rings. The van der Waals surface area contributed by atoms with Gasteiger partial charge >= 0.3 is 0 Å². The maximum atomic E-state index is 12.0. The molecule has 4 aromatic rings. The predicted molar refractivity (Wildman–Crippen MR) is 113 cm³/mol. The van der Waals surface area contributed by atoms with Crippen LogP contribution in [0.2, 0.25) is 0 Å². The third-order valence-corrected chi connectivity index (χ3v) is 4.23. The van der Waals surface area contributed by atoms with Gasteiger partial charge in [0.2, 0.25) is 11.8 Å². The highest BCUT2D eigenvalue weighted by Gasteiger charge is 2.09. The van der Waals surface area contributed by atoms with E-state index in [1.165, 1.54) is 6.08 Å². The van der Waals surface area contributed by atoms with Crippen LogP contribution in [0.5, 0.6) is 11.5 Å². The van der Waals surface area contributed by atoms with E-state index >= 15 is 0 Å². The van der Waals surface area contributed by atoms with Gasteiger partial charge in [0.05, 0.1) is 13.4 Å². The van der Waals surface area contributed by atoms with Gasteiger partial charge in [-0.25, -0.2) is 0 Å². The zero-order valence-corrected chi connectivity index (χ0v) is 16.6. The SMILES string of the molecule is COc1ccc(-c2nnc(COc3ccc(NC(=O)C=Cc4ccco4)cc3)o2)cc1. The number of nitrogens with zero attached hydrogens (tertiary/aromatic N) is 2. The Morgan fingerprint density at radius 1 is 1.03 bits per heavy atom. The number of ether oxygens (including phenoxy) is 2. The predicted octanol–water partition coefficient (Wildman–Crippen LogP) is 4.57. The smallest absolute Gasteiger partial charge is 0.254 e. The summed E-state index contributed by atoms with van der Waals surface area (Å²) in [6, 6.07) is 17.8. The van der Waals surface area contributed by atoms with Gasteiger partial charge in [0, 0.05) is 17.3 Å². The van der Waals surface area contributed by atoms with Gasteiger partial charge in [-0.05, 0) is 66.7 Å². The number of anilines is 1. The van der Waals surface area contributed by atoms with Crippen molar-refractivity contribution in [1.29, 1.82) is 0 Å². The Kier molecular flexibility index (Phi) is 6.08. The quantitative estimate of drug-likeness (QED) is 0.419. The molecule has 31 heavy (non-hydrogen) atoms. The van der Waals surface area contributed by atoms with Crippen LogP contribution in [-0.2, 0) is 11.4 Å². The van der Waals surface area contributed by atoms with Crippen LogP contribution in [0.3, 0.4) is 0 Å². The highest BCUT2D eigenvalue weighted by Crippen LogP contribution is 2.22. The molecule has 0 aliphatic carbocycles. The van der Waals surface area contributed by atoms with E-state index in [1.54, 1.807) is 55.8 Å². The van der Waals surface area contributed by atoms with Gasteiger partial charge in [0.15, 0.2) is 6.61 Å². The third kappa shape index (κ3) is 5.39.